The highest BCUT2D eigenvalue weighted by molar-refractivity contribution is 5.85. The second-order valence-electron chi connectivity index (χ2n) is 3.85. The zero-order valence-corrected chi connectivity index (χ0v) is 10.5. The molecule has 0 spiro atoms. The van der Waals surface area contributed by atoms with E-state index in [1.54, 1.807) is 0 Å². The summed E-state index contributed by atoms with van der Waals surface area (Å²) in [5.74, 6) is 0.953. The van der Waals surface area contributed by atoms with Crippen LogP contribution in [0.3, 0.4) is 0 Å². The van der Waals surface area contributed by atoms with Crippen molar-refractivity contribution in [3.05, 3.63) is 35.6 Å². The van der Waals surface area contributed by atoms with E-state index in [9.17, 15) is 14.0 Å². The Bertz CT molecular complexity index is 490. The van der Waals surface area contributed by atoms with Crippen molar-refractivity contribution in [1.29, 1.82) is 0 Å². The molecule has 1 amide bonds. The largest absolute Gasteiger partial charge is 0.467 e. The summed E-state index contributed by atoms with van der Waals surface area (Å²) in [6, 6.07) is 4.68. The minimum Gasteiger partial charge on any atom is -0.467 e. The fourth-order valence-electron chi connectivity index (χ4n) is 1.49. The average molecular weight is 263 g/mol. The zero-order valence-electron chi connectivity index (χ0n) is 10.5. The molecule has 5 heteroatoms. The van der Waals surface area contributed by atoms with Gasteiger partial charge in [-0.2, -0.15) is 0 Å². The van der Waals surface area contributed by atoms with E-state index < -0.39 is 12.0 Å². The Morgan fingerprint density at radius 2 is 2.05 bits per heavy atom. The van der Waals surface area contributed by atoms with Gasteiger partial charge in [-0.05, 0) is 17.7 Å². The van der Waals surface area contributed by atoms with Crippen molar-refractivity contribution in [2.75, 3.05) is 7.11 Å². The third kappa shape index (κ3) is 4.80. The molecule has 0 unspecified atom stereocenters. The highest BCUT2D eigenvalue weighted by Gasteiger charge is 2.20. The molecule has 1 atom stereocenters. The van der Waals surface area contributed by atoms with Crippen molar-refractivity contribution in [3.8, 4) is 12.3 Å². The number of methoxy groups -OCH3 is 1. The van der Waals surface area contributed by atoms with E-state index in [1.807, 2.05) is 0 Å². The van der Waals surface area contributed by atoms with Crippen LogP contribution in [0.1, 0.15) is 12.0 Å². The highest BCUT2D eigenvalue weighted by Crippen LogP contribution is 2.04. The molecule has 0 fully saturated rings. The van der Waals surface area contributed by atoms with Gasteiger partial charge in [0.15, 0.2) is 0 Å². The lowest BCUT2D eigenvalue weighted by Crippen LogP contribution is -2.41. The Morgan fingerprint density at radius 3 is 2.58 bits per heavy atom. The van der Waals surface area contributed by atoms with Crippen molar-refractivity contribution in [2.45, 2.75) is 18.9 Å². The highest BCUT2D eigenvalue weighted by atomic mass is 19.1. The van der Waals surface area contributed by atoms with Gasteiger partial charge in [0.2, 0.25) is 5.91 Å². The van der Waals surface area contributed by atoms with E-state index in [4.69, 9.17) is 6.42 Å². The molecule has 4 nitrogen and oxygen atoms in total. The Morgan fingerprint density at radius 1 is 1.42 bits per heavy atom. The maximum absolute atomic E-state index is 12.7. The molecule has 0 saturated heterocycles. The lowest BCUT2D eigenvalue weighted by Gasteiger charge is -2.13. The normalized spacial score (nSPS) is 11.2. The monoisotopic (exact) mass is 263 g/mol. The molecule has 19 heavy (non-hydrogen) atoms. The summed E-state index contributed by atoms with van der Waals surface area (Å²) < 4.78 is 17.2. The van der Waals surface area contributed by atoms with Gasteiger partial charge in [0, 0.05) is 6.42 Å². The molecule has 0 aliphatic rings. The standard InChI is InChI=1S/C14H14FNO3/c1-3-4-12(14(18)19-2)16-13(17)9-10-5-7-11(15)8-6-10/h1,5-8,12H,4,9H2,2H3,(H,16,17)/t12-/m0/s1. The number of nitrogens with one attached hydrogen (secondary N) is 1. The Kier molecular flexibility index (Phi) is 5.55. The van der Waals surface area contributed by atoms with Crippen LogP contribution < -0.4 is 5.32 Å². The van der Waals surface area contributed by atoms with Crippen LogP contribution in [0.2, 0.25) is 0 Å². The number of carbonyl (C=O) groups excluding carboxylic acids is 2. The van der Waals surface area contributed by atoms with Crippen LogP contribution in [0.25, 0.3) is 0 Å². The van der Waals surface area contributed by atoms with Gasteiger partial charge in [0.1, 0.15) is 11.9 Å². The minimum absolute atomic E-state index is 0.0400. The topological polar surface area (TPSA) is 55.4 Å². The summed E-state index contributed by atoms with van der Waals surface area (Å²) >= 11 is 0. The molecule has 0 aromatic heterocycles. The number of amides is 1. The second kappa shape index (κ2) is 7.17. The number of benzene rings is 1. The molecule has 0 bridgehead atoms. The van der Waals surface area contributed by atoms with E-state index in [0.717, 1.165) is 0 Å². The first-order chi connectivity index (χ1) is 9.06. The molecule has 0 aliphatic carbocycles. The summed E-state index contributed by atoms with van der Waals surface area (Å²) in [5, 5.41) is 2.48. The van der Waals surface area contributed by atoms with E-state index in [-0.39, 0.29) is 24.6 Å². The number of rotatable bonds is 5. The third-order valence-electron chi connectivity index (χ3n) is 2.42. The van der Waals surface area contributed by atoms with E-state index >= 15 is 0 Å². The van der Waals surface area contributed by atoms with Gasteiger partial charge in [-0.15, -0.1) is 12.3 Å². The number of esters is 1. The summed E-state index contributed by atoms with van der Waals surface area (Å²) in [4.78, 5) is 23.1. The SMILES string of the molecule is C#CC[C@H](NC(=O)Cc1ccc(F)cc1)C(=O)OC. The van der Waals surface area contributed by atoms with Crippen molar-refractivity contribution < 1.29 is 18.7 Å². The van der Waals surface area contributed by atoms with Gasteiger partial charge in [-0.3, -0.25) is 4.79 Å². The molecule has 0 heterocycles. The van der Waals surface area contributed by atoms with Crippen molar-refractivity contribution in [1.82, 2.24) is 5.32 Å². The number of hydrogen-bond acceptors (Lipinski definition) is 3. The van der Waals surface area contributed by atoms with Gasteiger partial charge in [-0.1, -0.05) is 12.1 Å². The smallest absolute Gasteiger partial charge is 0.329 e. The first-order valence-electron chi connectivity index (χ1n) is 5.62. The predicted octanol–water partition coefficient (Wildman–Crippen LogP) is 1.05. The van der Waals surface area contributed by atoms with E-state index in [2.05, 4.69) is 16.0 Å². The zero-order chi connectivity index (χ0) is 14.3. The maximum Gasteiger partial charge on any atom is 0.329 e. The fourth-order valence-corrected chi connectivity index (χ4v) is 1.49. The number of ether oxygens (including phenoxy) is 1. The van der Waals surface area contributed by atoms with Crippen LogP contribution in [0.15, 0.2) is 24.3 Å². The summed E-state index contributed by atoms with van der Waals surface area (Å²) in [6.45, 7) is 0. The van der Waals surface area contributed by atoms with Crippen molar-refractivity contribution in [3.63, 3.8) is 0 Å². The van der Waals surface area contributed by atoms with Crippen molar-refractivity contribution >= 4 is 11.9 Å². The summed E-state index contributed by atoms with van der Waals surface area (Å²) in [6.07, 6.45) is 5.21. The lowest BCUT2D eigenvalue weighted by molar-refractivity contribution is -0.144. The molecule has 1 rings (SSSR count). The number of carbonyl (C=O) groups is 2. The Hall–Kier alpha value is -2.35. The Labute approximate surface area is 111 Å². The van der Waals surface area contributed by atoms with Crippen LogP contribution in [0, 0.1) is 18.2 Å². The maximum atomic E-state index is 12.7. The van der Waals surface area contributed by atoms with Crippen molar-refractivity contribution in [2.24, 2.45) is 0 Å². The minimum atomic E-state index is -0.858. The van der Waals surface area contributed by atoms with Crippen LogP contribution in [0.4, 0.5) is 4.39 Å². The number of hydrogen-bond donors (Lipinski definition) is 1. The number of terminal acetylenes is 1. The number of halogens is 1. The Balaban J connectivity index is 2.60. The van der Waals surface area contributed by atoms with Crippen LogP contribution in [0.5, 0.6) is 0 Å². The lowest BCUT2D eigenvalue weighted by atomic mass is 10.1. The van der Waals surface area contributed by atoms with Crippen LogP contribution in [-0.4, -0.2) is 25.0 Å². The van der Waals surface area contributed by atoms with E-state index in [0.29, 0.717) is 5.56 Å². The average Bonchev–Trinajstić information content (AvgIpc) is 2.40. The van der Waals surface area contributed by atoms with Crippen LogP contribution in [-0.2, 0) is 20.7 Å². The third-order valence-corrected chi connectivity index (χ3v) is 2.42. The second-order valence-corrected chi connectivity index (χ2v) is 3.85. The van der Waals surface area contributed by atoms with E-state index in [1.165, 1.54) is 31.4 Å². The molecule has 100 valence electrons. The predicted molar refractivity (Wildman–Crippen MR) is 67.5 cm³/mol. The first kappa shape index (κ1) is 14.7. The molecule has 1 aromatic carbocycles. The first-order valence-corrected chi connectivity index (χ1v) is 5.62. The van der Waals surface area contributed by atoms with Gasteiger partial charge in [0.05, 0.1) is 13.5 Å². The molecular formula is C14H14FNO3. The summed E-state index contributed by atoms with van der Waals surface area (Å²) in [5.41, 5.74) is 0.642. The van der Waals surface area contributed by atoms with Gasteiger partial charge in [-0.25, -0.2) is 9.18 Å². The summed E-state index contributed by atoms with van der Waals surface area (Å²) in [7, 11) is 1.22. The fraction of sp³-hybridized carbons (Fsp3) is 0.286. The molecule has 0 radical (unpaired) electrons. The molecular weight excluding hydrogens is 249 g/mol. The molecule has 1 N–H and O–H groups in total. The van der Waals surface area contributed by atoms with Crippen LogP contribution >= 0.6 is 0 Å². The molecule has 1 aromatic rings. The van der Waals surface area contributed by atoms with Gasteiger partial charge in [0.25, 0.3) is 0 Å². The quantitative estimate of drug-likeness (QED) is 0.638. The van der Waals surface area contributed by atoms with Gasteiger partial charge < -0.3 is 10.1 Å². The molecule has 0 aliphatic heterocycles. The van der Waals surface area contributed by atoms with Gasteiger partial charge >= 0.3 is 5.97 Å². The molecule has 0 saturated carbocycles.